The van der Waals surface area contributed by atoms with Gasteiger partial charge in [0.2, 0.25) is 5.91 Å². The van der Waals surface area contributed by atoms with Gasteiger partial charge in [0.25, 0.3) is 0 Å². The Bertz CT molecular complexity index is 363. The Morgan fingerprint density at radius 3 is 2.56 bits per heavy atom. The first-order valence-electron chi connectivity index (χ1n) is 5.67. The van der Waals surface area contributed by atoms with Crippen molar-refractivity contribution in [2.75, 3.05) is 0 Å². The number of hydrogen-bond acceptors (Lipinski definition) is 2. The fraction of sp³-hybridized carbons (Fsp3) is 0.462. The predicted octanol–water partition coefficient (Wildman–Crippen LogP) is 1.91. The summed E-state index contributed by atoms with van der Waals surface area (Å²) in [6.45, 7) is 6.07. The third kappa shape index (κ3) is 3.07. The van der Waals surface area contributed by atoms with Crippen LogP contribution in [0.3, 0.4) is 0 Å². The average Bonchev–Trinajstić information content (AvgIpc) is 2.25. The summed E-state index contributed by atoms with van der Waals surface area (Å²) in [6, 6.07) is 8.04. The van der Waals surface area contributed by atoms with Gasteiger partial charge < -0.3 is 5.73 Å². The summed E-state index contributed by atoms with van der Waals surface area (Å²) in [5, 5.41) is 3.25. The van der Waals surface area contributed by atoms with Gasteiger partial charge in [0.05, 0.1) is 6.04 Å². The van der Waals surface area contributed by atoms with Gasteiger partial charge in [-0.2, -0.15) is 0 Å². The molecule has 1 rings (SSSR count). The number of carbonyl (C=O) groups is 1. The predicted molar refractivity (Wildman–Crippen MR) is 66.0 cm³/mol. The quantitative estimate of drug-likeness (QED) is 0.796. The lowest BCUT2D eigenvalue weighted by molar-refractivity contribution is -0.120. The van der Waals surface area contributed by atoms with E-state index in [4.69, 9.17) is 5.73 Å². The molecule has 0 aromatic heterocycles. The first kappa shape index (κ1) is 12.7. The van der Waals surface area contributed by atoms with Gasteiger partial charge in [0, 0.05) is 6.04 Å². The minimum Gasteiger partial charge on any atom is -0.368 e. The molecule has 1 aromatic rings. The van der Waals surface area contributed by atoms with Crippen molar-refractivity contribution in [2.45, 2.75) is 39.3 Å². The minimum absolute atomic E-state index is 0.138. The van der Waals surface area contributed by atoms with E-state index in [-0.39, 0.29) is 18.0 Å². The third-order valence-corrected chi connectivity index (χ3v) is 2.86. The second kappa shape index (κ2) is 5.66. The van der Waals surface area contributed by atoms with Crippen molar-refractivity contribution < 1.29 is 4.79 Å². The van der Waals surface area contributed by atoms with Crippen LogP contribution in [-0.2, 0) is 4.79 Å². The molecule has 3 nitrogen and oxygen atoms in total. The minimum atomic E-state index is -0.289. The van der Waals surface area contributed by atoms with Gasteiger partial charge in [0.1, 0.15) is 0 Å². The fourth-order valence-electron chi connectivity index (χ4n) is 1.87. The van der Waals surface area contributed by atoms with E-state index in [1.807, 2.05) is 26.0 Å². The molecule has 0 radical (unpaired) electrons. The monoisotopic (exact) mass is 220 g/mol. The smallest absolute Gasteiger partial charge is 0.234 e. The van der Waals surface area contributed by atoms with E-state index in [0.29, 0.717) is 6.42 Å². The molecule has 1 unspecified atom stereocenters. The number of aryl methyl sites for hydroxylation is 1. The van der Waals surface area contributed by atoms with E-state index >= 15 is 0 Å². The summed E-state index contributed by atoms with van der Waals surface area (Å²) in [4.78, 5) is 11.1. The summed E-state index contributed by atoms with van der Waals surface area (Å²) in [5.74, 6) is -0.289. The van der Waals surface area contributed by atoms with Gasteiger partial charge in [-0.15, -0.1) is 0 Å². The highest BCUT2D eigenvalue weighted by molar-refractivity contribution is 5.79. The number of nitrogens with two attached hydrogens (primary N) is 1. The van der Waals surface area contributed by atoms with Crippen molar-refractivity contribution in [1.29, 1.82) is 0 Å². The molecule has 0 aliphatic heterocycles. The maximum Gasteiger partial charge on any atom is 0.234 e. The Morgan fingerprint density at radius 2 is 2.06 bits per heavy atom. The second-order valence-electron chi connectivity index (χ2n) is 4.11. The lowest BCUT2D eigenvalue weighted by atomic mass is 10.0. The molecule has 0 aliphatic rings. The zero-order valence-electron chi connectivity index (χ0n) is 10.2. The number of amides is 1. The van der Waals surface area contributed by atoms with Crippen LogP contribution in [0.4, 0.5) is 0 Å². The van der Waals surface area contributed by atoms with Crippen LogP contribution in [0.15, 0.2) is 24.3 Å². The summed E-state index contributed by atoms with van der Waals surface area (Å²) in [6.07, 6.45) is 0.714. The Hall–Kier alpha value is -1.35. The first-order chi connectivity index (χ1) is 7.56. The number of nitrogens with one attached hydrogen (secondary N) is 1. The Balaban J connectivity index is 2.75. The van der Waals surface area contributed by atoms with Crippen molar-refractivity contribution in [2.24, 2.45) is 5.73 Å². The van der Waals surface area contributed by atoms with E-state index < -0.39 is 0 Å². The van der Waals surface area contributed by atoms with Crippen LogP contribution in [0.5, 0.6) is 0 Å². The number of carbonyl (C=O) groups excluding carboxylic acids is 1. The van der Waals surface area contributed by atoms with Crippen LogP contribution in [0.1, 0.15) is 37.4 Å². The molecule has 0 bridgehead atoms. The van der Waals surface area contributed by atoms with Crippen molar-refractivity contribution in [3.63, 3.8) is 0 Å². The molecule has 1 aromatic carbocycles. The van der Waals surface area contributed by atoms with Gasteiger partial charge in [-0.05, 0) is 31.4 Å². The Morgan fingerprint density at radius 1 is 1.44 bits per heavy atom. The Kier molecular flexibility index (Phi) is 4.50. The van der Waals surface area contributed by atoms with E-state index in [1.54, 1.807) is 0 Å². The van der Waals surface area contributed by atoms with Gasteiger partial charge in [0.15, 0.2) is 0 Å². The molecule has 0 aliphatic carbocycles. The van der Waals surface area contributed by atoms with E-state index in [1.165, 1.54) is 11.1 Å². The van der Waals surface area contributed by atoms with Gasteiger partial charge in [-0.25, -0.2) is 0 Å². The summed E-state index contributed by atoms with van der Waals surface area (Å²) in [7, 11) is 0. The summed E-state index contributed by atoms with van der Waals surface area (Å²) < 4.78 is 0. The molecule has 0 saturated heterocycles. The van der Waals surface area contributed by atoms with Crippen molar-refractivity contribution in [3.05, 3.63) is 35.4 Å². The highest BCUT2D eigenvalue weighted by Gasteiger charge is 2.16. The number of benzene rings is 1. The molecule has 0 spiro atoms. The van der Waals surface area contributed by atoms with Crippen molar-refractivity contribution >= 4 is 5.91 Å². The van der Waals surface area contributed by atoms with Crippen molar-refractivity contribution in [1.82, 2.24) is 5.32 Å². The zero-order chi connectivity index (χ0) is 12.1. The second-order valence-corrected chi connectivity index (χ2v) is 4.11. The third-order valence-electron chi connectivity index (χ3n) is 2.86. The SMILES string of the molecule is CCC(N[C@H](C)c1ccccc1C)C(N)=O. The molecule has 3 N–H and O–H groups in total. The molecule has 0 heterocycles. The molecule has 1 amide bonds. The van der Waals surface area contributed by atoms with Crippen LogP contribution in [0, 0.1) is 6.92 Å². The molecular weight excluding hydrogens is 200 g/mol. The topological polar surface area (TPSA) is 55.1 Å². The average molecular weight is 220 g/mol. The van der Waals surface area contributed by atoms with E-state index in [2.05, 4.69) is 24.4 Å². The van der Waals surface area contributed by atoms with Crippen LogP contribution >= 0.6 is 0 Å². The number of primary amides is 1. The Labute approximate surface area is 97.0 Å². The van der Waals surface area contributed by atoms with Gasteiger partial charge in [-0.3, -0.25) is 10.1 Å². The molecule has 88 valence electrons. The lowest BCUT2D eigenvalue weighted by Gasteiger charge is -2.21. The maximum atomic E-state index is 11.1. The molecular formula is C13H20N2O. The standard InChI is InChI=1S/C13H20N2O/c1-4-12(13(14)16)15-10(3)11-8-6-5-7-9(11)2/h5-8,10,12,15H,4H2,1-3H3,(H2,14,16)/t10-,12?/m1/s1. The lowest BCUT2D eigenvalue weighted by Crippen LogP contribution is -2.42. The maximum absolute atomic E-state index is 11.1. The van der Waals surface area contributed by atoms with Crippen LogP contribution < -0.4 is 11.1 Å². The fourth-order valence-corrected chi connectivity index (χ4v) is 1.87. The molecule has 16 heavy (non-hydrogen) atoms. The normalized spacial score (nSPS) is 14.4. The highest BCUT2D eigenvalue weighted by atomic mass is 16.1. The van der Waals surface area contributed by atoms with Crippen molar-refractivity contribution in [3.8, 4) is 0 Å². The molecule has 0 saturated carbocycles. The molecule has 2 atom stereocenters. The van der Waals surface area contributed by atoms with Gasteiger partial charge in [-0.1, -0.05) is 31.2 Å². The summed E-state index contributed by atoms with van der Waals surface area (Å²) in [5.41, 5.74) is 7.74. The highest BCUT2D eigenvalue weighted by Crippen LogP contribution is 2.17. The van der Waals surface area contributed by atoms with Crippen LogP contribution in [0.2, 0.25) is 0 Å². The number of hydrogen-bond donors (Lipinski definition) is 2. The first-order valence-corrected chi connectivity index (χ1v) is 5.67. The van der Waals surface area contributed by atoms with E-state index in [9.17, 15) is 4.79 Å². The zero-order valence-corrected chi connectivity index (χ0v) is 10.2. The summed E-state index contributed by atoms with van der Waals surface area (Å²) >= 11 is 0. The molecule has 3 heteroatoms. The van der Waals surface area contributed by atoms with Crippen LogP contribution in [-0.4, -0.2) is 11.9 Å². The largest absolute Gasteiger partial charge is 0.368 e. The van der Waals surface area contributed by atoms with Gasteiger partial charge >= 0.3 is 0 Å². The number of rotatable bonds is 5. The van der Waals surface area contributed by atoms with Crippen LogP contribution in [0.25, 0.3) is 0 Å². The molecule has 0 fully saturated rings. The van der Waals surface area contributed by atoms with E-state index in [0.717, 1.165) is 0 Å².